The van der Waals surface area contributed by atoms with Crippen molar-refractivity contribution in [2.45, 2.75) is 11.3 Å². The first-order valence-corrected chi connectivity index (χ1v) is 7.63. The molecule has 4 rings (SSSR count). The summed E-state index contributed by atoms with van der Waals surface area (Å²) >= 11 is 7.25. The molecule has 2 aliphatic rings. The third kappa shape index (κ3) is 1.70. The minimum absolute atomic E-state index is 0.908. The Kier molecular flexibility index (Phi) is 2.60. The normalized spacial score (nSPS) is 18.0. The smallest absolute Gasteiger partial charge is 0.146 e. The van der Waals surface area contributed by atoms with E-state index < -0.39 is 0 Å². The molecule has 0 saturated carbocycles. The first kappa shape index (κ1) is 11.4. The molecule has 0 unspecified atom stereocenters. The van der Waals surface area contributed by atoms with Crippen molar-refractivity contribution in [2.75, 3.05) is 13.1 Å². The SMILES string of the molecule is S=C1Sc2c(ccc3ccccc23)C2=NCCCN12. The van der Waals surface area contributed by atoms with E-state index in [1.54, 1.807) is 11.8 Å². The molecule has 0 spiro atoms. The van der Waals surface area contributed by atoms with Crippen LogP contribution >= 0.6 is 24.0 Å². The molecule has 0 bridgehead atoms. The van der Waals surface area contributed by atoms with Gasteiger partial charge in [-0.25, -0.2) is 0 Å². The lowest BCUT2D eigenvalue weighted by Gasteiger charge is -2.34. The molecule has 2 aliphatic heterocycles. The molecule has 94 valence electrons. The zero-order valence-electron chi connectivity index (χ0n) is 10.3. The average molecular weight is 284 g/mol. The highest BCUT2D eigenvalue weighted by molar-refractivity contribution is 8.23. The van der Waals surface area contributed by atoms with Crippen LogP contribution in [0.1, 0.15) is 12.0 Å². The fraction of sp³-hybridized carbons (Fsp3) is 0.200. The summed E-state index contributed by atoms with van der Waals surface area (Å²) in [7, 11) is 0. The number of hydrogen-bond donors (Lipinski definition) is 0. The van der Waals surface area contributed by atoms with Crippen LogP contribution in [0.15, 0.2) is 46.3 Å². The Balaban J connectivity index is 2.02. The topological polar surface area (TPSA) is 15.6 Å². The van der Waals surface area contributed by atoms with Gasteiger partial charge in [-0.2, -0.15) is 0 Å². The molecule has 0 aliphatic carbocycles. The Bertz CT molecular complexity index is 721. The van der Waals surface area contributed by atoms with Crippen LogP contribution in [0.3, 0.4) is 0 Å². The fourth-order valence-corrected chi connectivity index (χ4v) is 4.14. The van der Waals surface area contributed by atoms with Gasteiger partial charge < -0.3 is 4.90 Å². The summed E-state index contributed by atoms with van der Waals surface area (Å²) in [4.78, 5) is 8.14. The van der Waals surface area contributed by atoms with Crippen LogP contribution in [-0.4, -0.2) is 28.1 Å². The molecule has 0 aromatic heterocycles. The largest absolute Gasteiger partial charge is 0.311 e. The lowest BCUT2D eigenvalue weighted by atomic mass is 10.0. The van der Waals surface area contributed by atoms with Crippen LogP contribution in [0.2, 0.25) is 0 Å². The van der Waals surface area contributed by atoms with Crippen LogP contribution in [-0.2, 0) is 0 Å². The molecule has 2 heterocycles. The standard InChI is InChI=1S/C15H12N2S2/c18-15-17-9-3-8-16-14(17)12-7-6-10-4-1-2-5-11(10)13(12)19-15/h1-2,4-7H,3,8-9H2. The summed E-state index contributed by atoms with van der Waals surface area (Å²) in [6, 6.07) is 12.8. The van der Waals surface area contributed by atoms with E-state index in [0.29, 0.717) is 0 Å². The molecule has 0 saturated heterocycles. The molecule has 0 amide bonds. The van der Waals surface area contributed by atoms with Gasteiger partial charge in [0.25, 0.3) is 0 Å². The van der Waals surface area contributed by atoms with E-state index >= 15 is 0 Å². The number of amidine groups is 1. The average Bonchev–Trinajstić information content (AvgIpc) is 2.47. The second-order valence-corrected chi connectivity index (χ2v) is 6.39. The maximum Gasteiger partial charge on any atom is 0.146 e. The second kappa shape index (κ2) is 4.32. The molecule has 0 fully saturated rings. The molecule has 0 N–H and O–H groups in total. The quantitative estimate of drug-likeness (QED) is 0.686. The molecule has 2 aromatic carbocycles. The number of benzene rings is 2. The van der Waals surface area contributed by atoms with Gasteiger partial charge in [0, 0.05) is 23.5 Å². The van der Waals surface area contributed by atoms with Gasteiger partial charge in [0.05, 0.1) is 0 Å². The van der Waals surface area contributed by atoms with E-state index in [1.165, 1.54) is 21.2 Å². The van der Waals surface area contributed by atoms with Crippen LogP contribution in [0.4, 0.5) is 0 Å². The van der Waals surface area contributed by atoms with E-state index in [9.17, 15) is 0 Å². The molecule has 19 heavy (non-hydrogen) atoms. The zero-order valence-corrected chi connectivity index (χ0v) is 11.9. The summed E-state index contributed by atoms with van der Waals surface area (Å²) in [5.41, 5.74) is 1.23. The van der Waals surface area contributed by atoms with Gasteiger partial charge in [0.2, 0.25) is 0 Å². The van der Waals surface area contributed by atoms with Crippen LogP contribution in [0.5, 0.6) is 0 Å². The minimum Gasteiger partial charge on any atom is -0.311 e. The number of thioether (sulfide) groups is 1. The highest BCUT2D eigenvalue weighted by Crippen LogP contribution is 2.38. The number of hydrogen-bond acceptors (Lipinski definition) is 3. The Morgan fingerprint density at radius 3 is 3.00 bits per heavy atom. The summed E-state index contributed by atoms with van der Waals surface area (Å²) in [5.74, 6) is 1.07. The zero-order chi connectivity index (χ0) is 12.8. The number of thiocarbonyl (C=S) groups is 1. The van der Waals surface area contributed by atoms with Crippen molar-refractivity contribution in [1.29, 1.82) is 0 Å². The van der Waals surface area contributed by atoms with Crippen molar-refractivity contribution in [3.8, 4) is 0 Å². The summed E-state index contributed by atoms with van der Waals surface area (Å²) < 4.78 is 0.933. The molecule has 2 aromatic rings. The first-order valence-electron chi connectivity index (χ1n) is 6.40. The number of rotatable bonds is 0. The Morgan fingerprint density at radius 1 is 1.16 bits per heavy atom. The van der Waals surface area contributed by atoms with E-state index in [2.05, 4.69) is 41.3 Å². The van der Waals surface area contributed by atoms with Crippen molar-refractivity contribution in [3.05, 3.63) is 42.0 Å². The predicted octanol–water partition coefficient (Wildman–Crippen LogP) is 3.68. The summed E-state index contributed by atoms with van der Waals surface area (Å²) in [6.45, 7) is 1.91. The number of fused-ring (bicyclic) bond motifs is 5. The monoisotopic (exact) mass is 284 g/mol. The minimum atomic E-state index is 0.908. The lowest BCUT2D eigenvalue weighted by Crippen LogP contribution is -2.41. The van der Waals surface area contributed by atoms with Gasteiger partial charge in [0.15, 0.2) is 0 Å². The molecular weight excluding hydrogens is 272 g/mol. The van der Waals surface area contributed by atoms with Crippen molar-refractivity contribution in [3.63, 3.8) is 0 Å². The van der Waals surface area contributed by atoms with E-state index in [4.69, 9.17) is 17.2 Å². The van der Waals surface area contributed by atoms with Gasteiger partial charge in [-0.3, -0.25) is 4.99 Å². The summed E-state index contributed by atoms with van der Waals surface area (Å²) in [5, 5.41) is 2.54. The summed E-state index contributed by atoms with van der Waals surface area (Å²) in [6.07, 6.45) is 1.09. The van der Waals surface area contributed by atoms with Gasteiger partial charge in [-0.05, 0) is 23.3 Å². The van der Waals surface area contributed by atoms with Crippen LogP contribution in [0.25, 0.3) is 10.8 Å². The Labute approximate surface area is 121 Å². The van der Waals surface area contributed by atoms with Gasteiger partial charge in [-0.15, -0.1) is 0 Å². The van der Waals surface area contributed by atoms with Crippen LogP contribution < -0.4 is 0 Å². The van der Waals surface area contributed by atoms with Crippen molar-refractivity contribution >= 4 is 44.9 Å². The van der Waals surface area contributed by atoms with Gasteiger partial charge in [-0.1, -0.05) is 54.3 Å². The van der Waals surface area contributed by atoms with Gasteiger partial charge in [0.1, 0.15) is 10.2 Å². The van der Waals surface area contributed by atoms with E-state index in [1.807, 2.05) is 0 Å². The Morgan fingerprint density at radius 2 is 2.05 bits per heavy atom. The van der Waals surface area contributed by atoms with Crippen LogP contribution in [0, 0.1) is 0 Å². The highest BCUT2D eigenvalue weighted by atomic mass is 32.2. The van der Waals surface area contributed by atoms with Crippen molar-refractivity contribution < 1.29 is 0 Å². The third-order valence-corrected chi connectivity index (χ3v) is 5.10. The number of aliphatic imine (C=N–C) groups is 1. The fourth-order valence-electron chi connectivity index (χ4n) is 2.68. The van der Waals surface area contributed by atoms with E-state index in [0.717, 1.165) is 29.7 Å². The predicted molar refractivity (Wildman–Crippen MR) is 85.1 cm³/mol. The molecule has 4 heteroatoms. The highest BCUT2D eigenvalue weighted by Gasteiger charge is 2.29. The Hall–Kier alpha value is -1.39. The molecule has 0 radical (unpaired) electrons. The maximum absolute atomic E-state index is 5.55. The molecule has 0 atom stereocenters. The number of nitrogens with zero attached hydrogens (tertiary/aromatic N) is 2. The van der Waals surface area contributed by atoms with E-state index in [-0.39, 0.29) is 0 Å². The second-order valence-electron chi connectivity index (χ2n) is 4.74. The van der Waals surface area contributed by atoms with Crippen molar-refractivity contribution in [2.24, 2.45) is 4.99 Å². The van der Waals surface area contributed by atoms with Crippen molar-refractivity contribution in [1.82, 2.24) is 4.90 Å². The maximum atomic E-state index is 5.55. The third-order valence-electron chi connectivity index (χ3n) is 3.59. The molecular formula is C15H12N2S2. The lowest BCUT2D eigenvalue weighted by molar-refractivity contribution is 0.561. The molecule has 2 nitrogen and oxygen atoms in total. The van der Waals surface area contributed by atoms with Gasteiger partial charge >= 0.3 is 0 Å². The first-order chi connectivity index (χ1) is 9.34.